The number of halogens is 1. The fourth-order valence-electron chi connectivity index (χ4n) is 3.44. The zero-order valence-corrected chi connectivity index (χ0v) is 14.5. The maximum atomic E-state index is 4.38. The first-order chi connectivity index (χ1) is 10.6. The summed E-state index contributed by atoms with van der Waals surface area (Å²) in [5, 5.41) is 0. The summed E-state index contributed by atoms with van der Waals surface area (Å²) in [4.78, 5) is 2.36. The van der Waals surface area contributed by atoms with E-state index >= 15 is 0 Å². The zero-order chi connectivity index (χ0) is 15.3. The normalized spacial score (nSPS) is 17.5. The molecule has 4 rings (SSSR count). The first kappa shape index (κ1) is 14.1. The summed E-state index contributed by atoms with van der Waals surface area (Å²) in [6, 6.07) is 13.4. The molecular weight excluding hydrogens is 334 g/mol. The van der Waals surface area contributed by atoms with Crippen LogP contribution >= 0.6 is 15.9 Å². The third-order valence-electron chi connectivity index (χ3n) is 4.95. The molecule has 2 aromatic rings. The van der Waals surface area contributed by atoms with Crippen molar-refractivity contribution < 1.29 is 0 Å². The Morgan fingerprint density at radius 3 is 2.77 bits per heavy atom. The lowest BCUT2D eigenvalue weighted by Crippen LogP contribution is -2.29. The van der Waals surface area contributed by atoms with Gasteiger partial charge in [0.05, 0.1) is 0 Å². The summed E-state index contributed by atoms with van der Waals surface area (Å²) in [7, 11) is 0. The van der Waals surface area contributed by atoms with E-state index in [1.54, 1.807) is 0 Å². The van der Waals surface area contributed by atoms with Crippen molar-refractivity contribution in [2.75, 3.05) is 11.4 Å². The standard InChI is InChI=1S/C20H20BrN/c1-13-19(21)4-3-5-20(13)22-11-10-17-12-16(15-6-7-15)8-9-18(17)14(22)2/h3-5,8-9,12,15H,2,6-7,10-11H2,1H3. The van der Waals surface area contributed by atoms with Crippen molar-refractivity contribution in [2.45, 2.75) is 32.1 Å². The van der Waals surface area contributed by atoms with E-state index < -0.39 is 0 Å². The molecule has 1 aliphatic carbocycles. The Hall–Kier alpha value is -1.54. The lowest BCUT2D eigenvalue weighted by Gasteiger charge is -2.34. The van der Waals surface area contributed by atoms with Crippen LogP contribution in [0, 0.1) is 6.92 Å². The molecule has 1 nitrogen and oxygen atoms in total. The summed E-state index contributed by atoms with van der Waals surface area (Å²) in [6.45, 7) is 7.56. The molecule has 0 bridgehead atoms. The van der Waals surface area contributed by atoms with Crippen LogP contribution in [-0.2, 0) is 6.42 Å². The third-order valence-corrected chi connectivity index (χ3v) is 5.81. The minimum absolute atomic E-state index is 0.823. The highest BCUT2D eigenvalue weighted by atomic mass is 79.9. The largest absolute Gasteiger partial charge is 0.341 e. The Morgan fingerprint density at radius 2 is 2.00 bits per heavy atom. The highest BCUT2D eigenvalue weighted by Gasteiger charge is 2.27. The van der Waals surface area contributed by atoms with Gasteiger partial charge >= 0.3 is 0 Å². The molecule has 0 N–H and O–H groups in total. The number of fused-ring (bicyclic) bond motifs is 1. The maximum Gasteiger partial charge on any atom is 0.0451 e. The van der Waals surface area contributed by atoms with Gasteiger partial charge in [0.2, 0.25) is 0 Å². The van der Waals surface area contributed by atoms with E-state index in [4.69, 9.17) is 0 Å². The summed E-state index contributed by atoms with van der Waals surface area (Å²) >= 11 is 3.64. The summed E-state index contributed by atoms with van der Waals surface area (Å²) in [5.74, 6) is 0.823. The van der Waals surface area contributed by atoms with Crippen LogP contribution < -0.4 is 4.90 Å². The van der Waals surface area contributed by atoms with Crippen LogP contribution in [0.4, 0.5) is 5.69 Å². The molecule has 2 aliphatic rings. The van der Waals surface area contributed by atoms with Gasteiger partial charge in [0.25, 0.3) is 0 Å². The summed E-state index contributed by atoms with van der Waals surface area (Å²) < 4.78 is 1.16. The van der Waals surface area contributed by atoms with Gasteiger partial charge in [0, 0.05) is 28.0 Å². The van der Waals surface area contributed by atoms with Gasteiger partial charge < -0.3 is 4.90 Å². The van der Waals surface area contributed by atoms with Crippen molar-refractivity contribution in [3.05, 3.63) is 69.7 Å². The Kier molecular flexibility index (Phi) is 3.37. The molecule has 2 heteroatoms. The van der Waals surface area contributed by atoms with E-state index in [0.29, 0.717) is 0 Å². The Labute approximate surface area is 140 Å². The molecule has 1 fully saturated rings. The fourth-order valence-corrected chi connectivity index (χ4v) is 3.80. The topological polar surface area (TPSA) is 3.24 Å². The van der Waals surface area contributed by atoms with Crippen molar-refractivity contribution in [3.63, 3.8) is 0 Å². The molecule has 0 amide bonds. The number of anilines is 1. The Bertz CT molecular complexity index is 758. The van der Waals surface area contributed by atoms with Crippen molar-refractivity contribution in [1.82, 2.24) is 0 Å². The Balaban J connectivity index is 1.71. The predicted molar refractivity (Wildman–Crippen MR) is 97.4 cm³/mol. The third kappa shape index (κ3) is 2.30. The second-order valence-electron chi connectivity index (χ2n) is 6.42. The first-order valence-corrected chi connectivity index (χ1v) is 8.79. The first-order valence-electron chi connectivity index (χ1n) is 8.00. The minimum Gasteiger partial charge on any atom is -0.341 e. The molecular formula is C20H20BrN. The molecule has 22 heavy (non-hydrogen) atoms. The number of hydrogen-bond acceptors (Lipinski definition) is 1. The van der Waals surface area contributed by atoms with E-state index in [-0.39, 0.29) is 0 Å². The molecule has 112 valence electrons. The van der Waals surface area contributed by atoms with Crippen LogP contribution in [0.5, 0.6) is 0 Å². The highest BCUT2D eigenvalue weighted by Crippen LogP contribution is 2.42. The van der Waals surface area contributed by atoms with Crippen LogP contribution in [0.1, 0.15) is 41.0 Å². The van der Waals surface area contributed by atoms with Gasteiger partial charge in [0.15, 0.2) is 0 Å². The second-order valence-corrected chi connectivity index (χ2v) is 7.28. The maximum absolute atomic E-state index is 4.38. The van der Waals surface area contributed by atoms with Crippen LogP contribution in [0.25, 0.3) is 5.70 Å². The van der Waals surface area contributed by atoms with Crippen molar-refractivity contribution in [3.8, 4) is 0 Å². The lowest BCUT2D eigenvalue weighted by molar-refractivity contribution is 0.877. The van der Waals surface area contributed by atoms with Gasteiger partial charge in [-0.3, -0.25) is 0 Å². The smallest absolute Gasteiger partial charge is 0.0451 e. The number of rotatable bonds is 2. The van der Waals surface area contributed by atoms with Gasteiger partial charge in [-0.05, 0) is 60.9 Å². The molecule has 2 aromatic carbocycles. The fraction of sp³-hybridized carbons (Fsp3) is 0.300. The van der Waals surface area contributed by atoms with Crippen molar-refractivity contribution >= 4 is 27.3 Å². The molecule has 0 aromatic heterocycles. The highest BCUT2D eigenvalue weighted by molar-refractivity contribution is 9.10. The van der Waals surface area contributed by atoms with E-state index in [1.165, 1.54) is 40.8 Å². The SMILES string of the molecule is C=C1c2ccc(C3CC3)cc2CCN1c1cccc(Br)c1C. The lowest BCUT2D eigenvalue weighted by atomic mass is 9.93. The molecule has 1 heterocycles. The molecule has 0 unspecified atom stereocenters. The molecule has 0 radical (unpaired) electrons. The van der Waals surface area contributed by atoms with E-state index in [0.717, 1.165) is 29.1 Å². The van der Waals surface area contributed by atoms with Gasteiger partial charge in [-0.15, -0.1) is 0 Å². The summed E-state index contributed by atoms with van der Waals surface area (Å²) in [6.07, 6.45) is 3.83. The molecule has 1 aliphatic heterocycles. The minimum atomic E-state index is 0.823. The van der Waals surface area contributed by atoms with Gasteiger partial charge in [-0.25, -0.2) is 0 Å². The summed E-state index contributed by atoms with van der Waals surface area (Å²) in [5.41, 5.74) is 7.98. The number of benzene rings is 2. The molecule has 1 saturated carbocycles. The van der Waals surface area contributed by atoms with Crippen LogP contribution in [0.3, 0.4) is 0 Å². The molecule has 0 spiro atoms. The Morgan fingerprint density at radius 1 is 1.18 bits per heavy atom. The second kappa shape index (κ2) is 5.27. The van der Waals surface area contributed by atoms with Crippen LogP contribution in [-0.4, -0.2) is 6.54 Å². The monoisotopic (exact) mass is 353 g/mol. The average molecular weight is 354 g/mol. The van der Waals surface area contributed by atoms with Gasteiger partial charge in [-0.1, -0.05) is 46.8 Å². The number of nitrogens with zero attached hydrogens (tertiary/aromatic N) is 1. The van der Waals surface area contributed by atoms with E-state index in [2.05, 4.69) is 70.7 Å². The zero-order valence-electron chi connectivity index (χ0n) is 12.9. The van der Waals surface area contributed by atoms with Crippen molar-refractivity contribution in [2.24, 2.45) is 0 Å². The predicted octanol–water partition coefficient (Wildman–Crippen LogP) is 5.67. The van der Waals surface area contributed by atoms with E-state index in [9.17, 15) is 0 Å². The van der Waals surface area contributed by atoms with E-state index in [1.807, 2.05) is 0 Å². The quantitative estimate of drug-likeness (QED) is 0.672. The van der Waals surface area contributed by atoms with Crippen LogP contribution in [0.2, 0.25) is 0 Å². The van der Waals surface area contributed by atoms with Crippen LogP contribution in [0.15, 0.2) is 47.4 Å². The molecule has 0 atom stereocenters. The molecule has 0 saturated heterocycles. The van der Waals surface area contributed by atoms with Crippen molar-refractivity contribution in [1.29, 1.82) is 0 Å². The van der Waals surface area contributed by atoms with Gasteiger partial charge in [0.1, 0.15) is 0 Å². The average Bonchev–Trinajstić information content (AvgIpc) is 3.35. The number of hydrogen-bond donors (Lipinski definition) is 0. The van der Waals surface area contributed by atoms with Gasteiger partial charge in [-0.2, -0.15) is 0 Å².